The van der Waals surface area contributed by atoms with Crippen LogP contribution in [0.1, 0.15) is 26.3 Å². The molecular weight excluding hydrogens is 426 g/mol. The Labute approximate surface area is 198 Å². The highest BCUT2D eigenvalue weighted by molar-refractivity contribution is 5.97. The number of pyridine rings is 1. The Bertz CT molecular complexity index is 1380. The molecule has 0 aliphatic carbocycles. The summed E-state index contributed by atoms with van der Waals surface area (Å²) in [7, 11) is 3.41. The van der Waals surface area contributed by atoms with Gasteiger partial charge in [-0.3, -0.25) is 14.6 Å². The zero-order valence-corrected chi connectivity index (χ0v) is 19.2. The van der Waals surface area contributed by atoms with Crippen molar-refractivity contribution >= 4 is 22.7 Å². The highest BCUT2D eigenvalue weighted by Gasteiger charge is 2.22. The third-order valence-electron chi connectivity index (χ3n) is 6.04. The number of carbonyl (C=O) groups is 2. The van der Waals surface area contributed by atoms with E-state index in [2.05, 4.69) is 23.2 Å². The SMILES string of the molecule is CN(C)C(=O)c1ccc(C(=O)N2CCOc3ccc(-c4cnc5ccccc5c4)cc3C2)cc1. The van der Waals surface area contributed by atoms with Crippen LogP contribution >= 0.6 is 0 Å². The van der Waals surface area contributed by atoms with Gasteiger partial charge in [-0.2, -0.15) is 0 Å². The Morgan fingerprint density at radius 1 is 0.912 bits per heavy atom. The quantitative estimate of drug-likeness (QED) is 0.455. The Morgan fingerprint density at radius 3 is 2.47 bits per heavy atom. The largest absolute Gasteiger partial charge is 0.491 e. The second kappa shape index (κ2) is 8.98. The van der Waals surface area contributed by atoms with E-state index in [1.165, 1.54) is 4.90 Å². The number of rotatable bonds is 3. The molecule has 0 N–H and O–H groups in total. The smallest absolute Gasteiger partial charge is 0.254 e. The first kappa shape index (κ1) is 21.6. The second-order valence-electron chi connectivity index (χ2n) is 8.59. The molecule has 0 saturated heterocycles. The monoisotopic (exact) mass is 451 g/mol. The van der Waals surface area contributed by atoms with Crippen LogP contribution in [0.3, 0.4) is 0 Å². The molecule has 0 atom stereocenters. The zero-order chi connectivity index (χ0) is 23.7. The fraction of sp³-hybridized carbons (Fsp3) is 0.179. The average Bonchev–Trinajstić information content (AvgIpc) is 3.09. The van der Waals surface area contributed by atoms with E-state index in [4.69, 9.17) is 4.74 Å². The van der Waals surface area contributed by atoms with Crippen LogP contribution < -0.4 is 4.74 Å². The van der Waals surface area contributed by atoms with Gasteiger partial charge in [-0.25, -0.2) is 0 Å². The molecule has 2 amide bonds. The minimum Gasteiger partial charge on any atom is -0.491 e. The number of nitrogens with zero attached hydrogens (tertiary/aromatic N) is 3. The molecule has 2 heterocycles. The number of aromatic nitrogens is 1. The van der Waals surface area contributed by atoms with Crippen molar-refractivity contribution in [2.75, 3.05) is 27.2 Å². The lowest BCUT2D eigenvalue weighted by atomic mass is 10.0. The highest BCUT2D eigenvalue weighted by atomic mass is 16.5. The summed E-state index contributed by atoms with van der Waals surface area (Å²) in [5.41, 5.74) is 5.06. The van der Waals surface area contributed by atoms with Crippen LogP contribution in [-0.2, 0) is 6.54 Å². The van der Waals surface area contributed by atoms with Crippen LogP contribution in [0.25, 0.3) is 22.0 Å². The Balaban J connectivity index is 1.40. The predicted molar refractivity (Wildman–Crippen MR) is 132 cm³/mol. The maximum atomic E-state index is 13.2. The lowest BCUT2D eigenvalue weighted by Crippen LogP contribution is -2.32. The predicted octanol–water partition coefficient (Wildman–Crippen LogP) is 4.64. The van der Waals surface area contributed by atoms with E-state index in [-0.39, 0.29) is 11.8 Å². The summed E-state index contributed by atoms with van der Waals surface area (Å²) in [5.74, 6) is 0.615. The zero-order valence-electron chi connectivity index (χ0n) is 19.2. The molecule has 0 unspecified atom stereocenters. The first-order chi connectivity index (χ1) is 16.5. The van der Waals surface area contributed by atoms with Crippen molar-refractivity contribution in [2.45, 2.75) is 6.54 Å². The molecule has 0 radical (unpaired) electrons. The lowest BCUT2D eigenvalue weighted by molar-refractivity contribution is 0.0732. The van der Waals surface area contributed by atoms with Crippen LogP contribution in [0, 0.1) is 0 Å². The number of para-hydroxylation sites is 1. The molecule has 0 saturated carbocycles. The standard InChI is InChI=1S/C28H25N3O3/c1-30(2)27(32)19-7-9-20(10-8-19)28(33)31-13-14-34-26-12-11-21(15-24(26)18-31)23-16-22-5-3-4-6-25(22)29-17-23/h3-12,15-17H,13-14,18H2,1-2H3. The molecule has 1 aliphatic heterocycles. The van der Waals surface area contributed by atoms with Crippen LogP contribution in [0.2, 0.25) is 0 Å². The number of hydrogen-bond acceptors (Lipinski definition) is 4. The third kappa shape index (κ3) is 4.22. The van der Waals surface area contributed by atoms with Gasteiger partial charge in [0.15, 0.2) is 0 Å². The van der Waals surface area contributed by atoms with Gasteiger partial charge in [0.2, 0.25) is 0 Å². The van der Waals surface area contributed by atoms with E-state index in [1.54, 1.807) is 43.3 Å². The van der Waals surface area contributed by atoms with E-state index in [1.807, 2.05) is 36.5 Å². The summed E-state index contributed by atoms with van der Waals surface area (Å²) in [6.45, 7) is 1.35. The Hall–Kier alpha value is -4.19. The highest BCUT2D eigenvalue weighted by Crippen LogP contribution is 2.30. The van der Waals surface area contributed by atoms with E-state index < -0.39 is 0 Å². The molecule has 34 heavy (non-hydrogen) atoms. The number of ether oxygens (including phenoxy) is 1. The van der Waals surface area contributed by atoms with E-state index in [9.17, 15) is 9.59 Å². The Morgan fingerprint density at radius 2 is 1.68 bits per heavy atom. The molecule has 3 aromatic carbocycles. The van der Waals surface area contributed by atoms with E-state index in [0.717, 1.165) is 33.3 Å². The van der Waals surface area contributed by atoms with E-state index in [0.29, 0.717) is 30.8 Å². The summed E-state index contributed by atoms with van der Waals surface area (Å²) in [4.78, 5) is 33.3. The summed E-state index contributed by atoms with van der Waals surface area (Å²) >= 11 is 0. The summed E-state index contributed by atoms with van der Waals surface area (Å²) < 4.78 is 5.94. The van der Waals surface area contributed by atoms with Gasteiger partial charge in [0.1, 0.15) is 12.4 Å². The summed E-state index contributed by atoms with van der Waals surface area (Å²) in [6.07, 6.45) is 1.88. The van der Waals surface area contributed by atoms with Crippen molar-refractivity contribution in [1.29, 1.82) is 0 Å². The molecule has 0 fully saturated rings. The van der Waals surface area contributed by atoms with Gasteiger partial charge >= 0.3 is 0 Å². The van der Waals surface area contributed by atoms with Crippen LogP contribution in [-0.4, -0.2) is 53.8 Å². The topological polar surface area (TPSA) is 62.7 Å². The maximum Gasteiger partial charge on any atom is 0.254 e. The maximum absolute atomic E-state index is 13.2. The fourth-order valence-electron chi connectivity index (χ4n) is 4.17. The molecule has 6 nitrogen and oxygen atoms in total. The van der Waals surface area contributed by atoms with Crippen LogP contribution in [0.5, 0.6) is 5.75 Å². The van der Waals surface area contributed by atoms with Gasteiger partial charge in [-0.1, -0.05) is 24.3 Å². The molecule has 0 spiro atoms. The van der Waals surface area contributed by atoms with Crippen molar-refractivity contribution in [2.24, 2.45) is 0 Å². The van der Waals surface area contributed by atoms with Gasteiger partial charge in [0, 0.05) is 54.5 Å². The molecule has 0 bridgehead atoms. The fourth-order valence-corrected chi connectivity index (χ4v) is 4.17. The van der Waals surface area contributed by atoms with Crippen molar-refractivity contribution in [3.8, 4) is 16.9 Å². The molecular formula is C28H25N3O3. The number of benzene rings is 3. The van der Waals surface area contributed by atoms with E-state index >= 15 is 0 Å². The molecule has 6 heteroatoms. The van der Waals surface area contributed by atoms with Gasteiger partial charge in [-0.05, 0) is 54.1 Å². The Kier molecular flexibility index (Phi) is 5.72. The lowest BCUT2D eigenvalue weighted by Gasteiger charge is -2.20. The number of hydrogen-bond donors (Lipinski definition) is 0. The third-order valence-corrected chi connectivity index (χ3v) is 6.04. The molecule has 1 aliphatic rings. The number of fused-ring (bicyclic) bond motifs is 2. The molecule has 1 aromatic heterocycles. The van der Waals surface area contributed by atoms with Crippen LogP contribution in [0.4, 0.5) is 0 Å². The van der Waals surface area contributed by atoms with Crippen molar-refractivity contribution in [3.63, 3.8) is 0 Å². The van der Waals surface area contributed by atoms with Gasteiger partial charge < -0.3 is 14.5 Å². The minimum atomic E-state index is -0.0909. The molecule has 4 aromatic rings. The first-order valence-corrected chi connectivity index (χ1v) is 11.2. The average molecular weight is 452 g/mol. The van der Waals surface area contributed by atoms with Gasteiger partial charge in [0.25, 0.3) is 11.8 Å². The summed E-state index contributed by atoms with van der Waals surface area (Å²) in [6, 6.07) is 23.0. The van der Waals surface area contributed by atoms with Gasteiger partial charge in [-0.15, -0.1) is 0 Å². The van der Waals surface area contributed by atoms with Crippen molar-refractivity contribution < 1.29 is 14.3 Å². The van der Waals surface area contributed by atoms with Crippen molar-refractivity contribution in [1.82, 2.24) is 14.8 Å². The minimum absolute atomic E-state index is 0.0851. The summed E-state index contributed by atoms with van der Waals surface area (Å²) in [5, 5.41) is 1.08. The normalized spacial score (nSPS) is 13.1. The number of amides is 2. The van der Waals surface area contributed by atoms with Crippen LogP contribution in [0.15, 0.2) is 79.0 Å². The van der Waals surface area contributed by atoms with Crippen molar-refractivity contribution in [3.05, 3.63) is 95.7 Å². The second-order valence-corrected chi connectivity index (χ2v) is 8.59. The molecule has 170 valence electrons. The molecule has 5 rings (SSSR count). The first-order valence-electron chi connectivity index (χ1n) is 11.2. The number of carbonyl (C=O) groups excluding carboxylic acids is 2. The van der Waals surface area contributed by atoms with Gasteiger partial charge in [0.05, 0.1) is 12.1 Å².